The lowest BCUT2D eigenvalue weighted by Gasteiger charge is -2.18. The molecule has 472 valence electrons. The van der Waals surface area contributed by atoms with Gasteiger partial charge in [0.15, 0.2) is 6.10 Å². The fourth-order valence-electron chi connectivity index (χ4n) is 11.2. The van der Waals surface area contributed by atoms with Gasteiger partial charge in [0.2, 0.25) is 0 Å². The summed E-state index contributed by atoms with van der Waals surface area (Å²) in [6, 6.07) is 0. The Balaban J connectivity index is 4.23. The molecule has 1 atom stereocenters. The predicted octanol–water partition coefficient (Wildman–Crippen LogP) is 25.0. The maximum Gasteiger partial charge on any atom is 0.306 e. The average Bonchev–Trinajstić information content (AvgIpc) is 3.46. The number of carbonyl (C=O) groups is 3. The number of carbonyl (C=O) groups excluding carboxylic acids is 3. The number of unbranched alkanes of at least 4 members (excludes halogenated alkanes) is 53. The zero-order valence-electron chi connectivity index (χ0n) is 54.4. The van der Waals surface area contributed by atoms with Crippen LogP contribution in [0.2, 0.25) is 0 Å². The molecule has 6 nitrogen and oxygen atoms in total. The Hall–Kier alpha value is -2.11. The van der Waals surface area contributed by atoms with E-state index in [1.807, 2.05) is 0 Å². The molecule has 0 N–H and O–H groups in total. The van der Waals surface area contributed by atoms with E-state index in [0.29, 0.717) is 19.3 Å². The molecule has 0 fully saturated rings. The van der Waals surface area contributed by atoms with Crippen molar-refractivity contribution in [3.8, 4) is 0 Å². The van der Waals surface area contributed by atoms with Gasteiger partial charge in [-0.2, -0.15) is 0 Å². The highest BCUT2D eigenvalue weighted by atomic mass is 16.6. The fourth-order valence-corrected chi connectivity index (χ4v) is 11.2. The molecule has 0 radical (unpaired) electrons. The third kappa shape index (κ3) is 66.7. The van der Waals surface area contributed by atoms with Crippen LogP contribution in [-0.4, -0.2) is 37.2 Å². The number of rotatable bonds is 68. The molecule has 0 aromatic heterocycles. The van der Waals surface area contributed by atoms with Crippen LogP contribution in [0.4, 0.5) is 0 Å². The van der Waals surface area contributed by atoms with Gasteiger partial charge in [-0.15, -0.1) is 0 Å². The average molecular weight is 1130 g/mol. The van der Waals surface area contributed by atoms with E-state index in [4.69, 9.17) is 14.2 Å². The van der Waals surface area contributed by atoms with Crippen LogP contribution in [0, 0.1) is 0 Å². The first-order valence-electron chi connectivity index (χ1n) is 36.3. The molecule has 0 aromatic rings. The minimum Gasteiger partial charge on any atom is -0.462 e. The molecule has 0 rings (SSSR count). The summed E-state index contributed by atoms with van der Waals surface area (Å²) in [5.74, 6) is -0.842. The second-order valence-electron chi connectivity index (χ2n) is 24.9. The van der Waals surface area contributed by atoms with Crippen molar-refractivity contribution >= 4 is 17.9 Å². The van der Waals surface area contributed by atoms with Crippen LogP contribution in [0.25, 0.3) is 0 Å². The minimum atomic E-state index is -0.772. The fraction of sp³-hybridized carbons (Fsp3) is 0.905. The summed E-state index contributed by atoms with van der Waals surface area (Å²) in [6.45, 7) is 6.71. The van der Waals surface area contributed by atoms with Crippen LogP contribution >= 0.6 is 0 Å². The monoisotopic (exact) mass is 1130 g/mol. The molecule has 0 aliphatic heterocycles. The highest BCUT2D eigenvalue weighted by Crippen LogP contribution is 2.19. The largest absolute Gasteiger partial charge is 0.462 e. The molecule has 0 aliphatic carbocycles. The van der Waals surface area contributed by atoms with Crippen molar-refractivity contribution in [2.75, 3.05) is 13.2 Å². The van der Waals surface area contributed by atoms with Crippen molar-refractivity contribution in [3.63, 3.8) is 0 Å². The molecule has 1 unspecified atom stereocenters. The Morgan fingerprint density at radius 3 is 0.625 bits per heavy atom. The van der Waals surface area contributed by atoms with Crippen molar-refractivity contribution in [2.24, 2.45) is 0 Å². The van der Waals surface area contributed by atoms with Gasteiger partial charge in [0.1, 0.15) is 13.2 Å². The lowest BCUT2D eigenvalue weighted by molar-refractivity contribution is -0.167. The lowest BCUT2D eigenvalue weighted by Crippen LogP contribution is -2.30. The lowest BCUT2D eigenvalue weighted by atomic mass is 10.0. The molecule has 0 aromatic carbocycles. The summed E-state index contributed by atoms with van der Waals surface area (Å²) < 4.78 is 17.0. The van der Waals surface area contributed by atoms with Crippen molar-refractivity contribution < 1.29 is 28.6 Å². The van der Waals surface area contributed by atoms with Gasteiger partial charge in [-0.3, -0.25) is 14.4 Å². The van der Waals surface area contributed by atoms with Crippen LogP contribution in [-0.2, 0) is 28.6 Å². The Labute approximate surface area is 500 Å². The highest BCUT2D eigenvalue weighted by Gasteiger charge is 2.19. The maximum absolute atomic E-state index is 13.0. The summed E-state index contributed by atoms with van der Waals surface area (Å²) in [4.78, 5) is 38.5. The van der Waals surface area contributed by atoms with Crippen molar-refractivity contribution in [1.82, 2.24) is 0 Å². The van der Waals surface area contributed by atoms with Gasteiger partial charge < -0.3 is 14.2 Å². The number of allylic oxidation sites excluding steroid dienone is 4. The second kappa shape index (κ2) is 69.4. The first-order valence-corrected chi connectivity index (χ1v) is 36.3. The first kappa shape index (κ1) is 77.9. The summed E-state index contributed by atoms with van der Waals surface area (Å²) >= 11 is 0. The molecule has 0 saturated carbocycles. The summed E-state index contributed by atoms with van der Waals surface area (Å²) in [7, 11) is 0. The van der Waals surface area contributed by atoms with Crippen molar-refractivity contribution in [3.05, 3.63) is 24.3 Å². The van der Waals surface area contributed by atoms with Gasteiger partial charge in [-0.1, -0.05) is 347 Å². The van der Waals surface area contributed by atoms with Crippen LogP contribution < -0.4 is 0 Å². The van der Waals surface area contributed by atoms with E-state index < -0.39 is 6.10 Å². The predicted molar refractivity (Wildman–Crippen MR) is 349 cm³/mol. The van der Waals surface area contributed by atoms with Crippen molar-refractivity contribution in [1.29, 1.82) is 0 Å². The quantitative estimate of drug-likeness (QED) is 0.0261. The van der Waals surface area contributed by atoms with Crippen LogP contribution in [0.1, 0.15) is 412 Å². The SMILES string of the molecule is CCCCCCCC/C=C\CCCCCCCC(=O)OCC(COC(=O)CCCCCCCCCCCCCCCCC/C=C\CCCCCCCCCC)OC(=O)CCCCCCCCCCCCCCCCCCCCCC. The summed E-state index contributed by atoms with van der Waals surface area (Å²) in [6.07, 6.45) is 85.0. The van der Waals surface area contributed by atoms with E-state index in [1.165, 1.54) is 308 Å². The van der Waals surface area contributed by atoms with Gasteiger partial charge >= 0.3 is 17.9 Å². The van der Waals surface area contributed by atoms with E-state index in [0.717, 1.165) is 64.2 Å². The standard InChI is InChI=1S/C74H140O6/c1-4-7-10-13-16-19-22-25-28-30-32-34-35-36-37-38-39-40-42-43-46-49-52-55-58-61-64-67-73(76)79-70-71(69-78-72(75)66-63-60-57-54-51-48-45-27-24-21-18-15-12-9-6-3)80-74(77)68-65-62-59-56-53-50-47-44-41-33-31-29-26-23-20-17-14-11-8-5-2/h27,30,32,45,71H,4-26,28-29,31,33-44,46-70H2,1-3H3/b32-30-,45-27-. The van der Waals surface area contributed by atoms with Crippen molar-refractivity contribution in [2.45, 2.75) is 419 Å². The topological polar surface area (TPSA) is 78.9 Å². The second-order valence-corrected chi connectivity index (χ2v) is 24.9. The zero-order chi connectivity index (χ0) is 57.8. The molecule has 0 amide bonds. The first-order chi connectivity index (χ1) is 39.5. The molecule has 0 heterocycles. The number of ether oxygens (including phenoxy) is 3. The Morgan fingerprint density at radius 2 is 0.412 bits per heavy atom. The normalized spacial score (nSPS) is 12.1. The molecular formula is C74H140O6. The smallest absolute Gasteiger partial charge is 0.306 e. The molecule has 0 aliphatic rings. The molecule has 0 spiro atoms. The molecule has 80 heavy (non-hydrogen) atoms. The van der Waals surface area contributed by atoms with Gasteiger partial charge in [0.05, 0.1) is 0 Å². The van der Waals surface area contributed by atoms with E-state index in [2.05, 4.69) is 45.1 Å². The highest BCUT2D eigenvalue weighted by molar-refractivity contribution is 5.71. The van der Waals surface area contributed by atoms with Crippen LogP contribution in [0.3, 0.4) is 0 Å². The van der Waals surface area contributed by atoms with E-state index >= 15 is 0 Å². The Morgan fingerprint density at radius 1 is 0.237 bits per heavy atom. The van der Waals surface area contributed by atoms with Gasteiger partial charge in [0.25, 0.3) is 0 Å². The van der Waals surface area contributed by atoms with Gasteiger partial charge in [-0.25, -0.2) is 0 Å². The Bertz CT molecular complexity index is 1290. The zero-order valence-corrected chi connectivity index (χ0v) is 54.4. The third-order valence-electron chi connectivity index (χ3n) is 16.7. The van der Waals surface area contributed by atoms with E-state index in [1.54, 1.807) is 0 Å². The molecule has 0 bridgehead atoms. The maximum atomic E-state index is 13.0. The van der Waals surface area contributed by atoms with Crippen LogP contribution in [0.15, 0.2) is 24.3 Å². The number of hydrogen-bond donors (Lipinski definition) is 0. The van der Waals surface area contributed by atoms with E-state index in [-0.39, 0.29) is 31.1 Å². The third-order valence-corrected chi connectivity index (χ3v) is 16.7. The molecule has 0 saturated heterocycles. The molecule has 6 heteroatoms. The summed E-state index contributed by atoms with van der Waals surface area (Å²) in [5, 5.41) is 0. The number of esters is 3. The summed E-state index contributed by atoms with van der Waals surface area (Å²) in [5.41, 5.74) is 0. The van der Waals surface area contributed by atoms with Gasteiger partial charge in [-0.05, 0) is 70.6 Å². The minimum absolute atomic E-state index is 0.0676. The van der Waals surface area contributed by atoms with Crippen LogP contribution in [0.5, 0.6) is 0 Å². The number of hydrogen-bond acceptors (Lipinski definition) is 6. The molecular weight excluding hydrogens is 985 g/mol. The van der Waals surface area contributed by atoms with Gasteiger partial charge in [0, 0.05) is 19.3 Å². The van der Waals surface area contributed by atoms with E-state index in [9.17, 15) is 14.4 Å². The Kier molecular flexibility index (Phi) is 67.6.